The first-order valence-electron chi connectivity index (χ1n) is 5.21. The molecule has 0 aliphatic rings. The first-order chi connectivity index (χ1) is 7.66. The van der Waals surface area contributed by atoms with Gasteiger partial charge in [-0.25, -0.2) is 0 Å². The molecule has 0 aliphatic heterocycles. The van der Waals surface area contributed by atoms with E-state index in [9.17, 15) is 0 Å². The van der Waals surface area contributed by atoms with Gasteiger partial charge in [-0.1, -0.05) is 12.1 Å². The van der Waals surface area contributed by atoms with Crippen LogP contribution in [0.2, 0.25) is 0 Å². The van der Waals surface area contributed by atoms with Gasteiger partial charge in [0.05, 0.1) is 23.3 Å². The molecule has 0 amide bonds. The fourth-order valence-electron chi connectivity index (χ4n) is 1.62. The van der Waals surface area contributed by atoms with E-state index >= 15 is 0 Å². The van der Waals surface area contributed by atoms with Gasteiger partial charge >= 0.3 is 0 Å². The van der Waals surface area contributed by atoms with Crippen molar-refractivity contribution in [3.63, 3.8) is 0 Å². The predicted octanol–water partition coefficient (Wildman–Crippen LogP) is 2.96. The van der Waals surface area contributed by atoms with Gasteiger partial charge in [0.2, 0.25) is 0 Å². The van der Waals surface area contributed by atoms with Crippen molar-refractivity contribution < 1.29 is 0 Å². The van der Waals surface area contributed by atoms with E-state index in [0.29, 0.717) is 5.69 Å². The Labute approximate surface area is 95.0 Å². The van der Waals surface area contributed by atoms with Crippen molar-refractivity contribution in [1.82, 2.24) is 4.98 Å². The Morgan fingerprint density at radius 3 is 2.62 bits per heavy atom. The third-order valence-corrected chi connectivity index (χ3v) is 2.46. The summed E-state index contributed by atoms with van der Waals surface area (Å²) in [6, 6.07) is 9.67. The Hall–Kier alpha value is -2.03. The third kappa shape index (κ3) is 2.14. The molecule has 1 aromatic heterocycles. The standard InChI is InChI=1S/C13H15N3/c1-9-7-10(2)16-13(9)8-15-12-6-4-3-5-11(12)14/h3-8,16H,14H2,1-2H3/b15-8+. The molecule has 0 spiro atoms. The predicted molar refractivity (Wildman–Crippen MR) is 68.4 cm³/mol. The Balaban J connectivity index is 2.28. The van der Waals surface area contributed by atoms with Crippen molar-refractivity contribution in [3.8, 4) is 0 Å². The van der Waals surface area contributed by atoms with E-state index < -0.39 is 0 Å². The number of benzene rings is 1. The number of hydrogen-bond donors (Lipinski definition) is 2. The number of aliphatic imine (C=N–C) groups is 1. The van der Waals surface area contributed by atoms with Crippen LogP contribution in [0.15, 0.2) is 35.3 Å². The van der Waals surface area contributed by atoms with Gasteiger partial charge in [0, 0.05) is 5.69 Å². The van der Waals surface area contributed by atoms with Crippen molar-refractivity contribution in [2.24, 2.45) is 4.99 Å². The minimum atomic E-state index is 0.694. The van der Waals surface area contributed by atoms with Gasteiger partial charge in [0.25, 0.3) is 0 Å². The van der Waals surface area contributed by atoms with Crippen molar-refractivity contribution in [1.29, 1.82) is 0 Å². The molecule has 3 N–H and O–H groups in total. The normalized spacial score (nSPS) is 11.1. The number of aromatic amines is 1. The van der Waals surface area contributed by atoms with Crippen LogP contribution in [0, 0.1) is 13.8 Å². The van der Waals surface area contributed by atoms with Crippen molar-refractivity contribution in [3.05, 3.63) is 47.3 Å². The molecule has 2 aromatic rings. The largest absolute Gasteiger partial charge is 0.397 e. The second kappa shape index (κ2) is 4.23. The van der Waals surface area contributed by atoms with Gasteiger partial charge in [-0.3, -0.25) is 4.99 Å². The molecule has 2 rings (SSSR count). The number of para-hydroxylation sites is 2. The molecule has 0 fully saturated rings. The quantitative estimate of drug-likeness (QED) is 0.584. The van der Waals surface area contributed by atoms with E-state index in [4.69, 9.17) is 5.73 Å². The van der Waals surface area contributed by atoms with Crippen molar-refractivity contribution in [2.75, 3.05) is 5.73 Å². The molecule has 16 heavy (non-hydrogen) atoms. The van der Waals surface area contributed by atoms with Gasteiger partial charge in [0.1, 0.15) is 0 Å². The lowest BCUT2D eigenvalue weighted by molar-refractivity contribution is 1.25. The number of nitrogens with zero attached hydrogens (tertiary/aromatic N) is 1. The molecule has 0 atom stereocenters. The monoisotopic (exact) mass is 213 g/mol. The van der Waals surface area contributed by atoms with Gasteiger partial charge in [-0.05, 0) is 37.6 Å². The van der Waals surface area contributed by atoms with E-state index in [1.165, 1.54) is 5.56 Å². The smallest absolute Gasteiger partial charge is 0.0859 e. The van der Waals surface area contributed by atoms with E-state index in [2.05, 4.69) is 23.0 Å². The summed E-state index contributed by atoms with van der Waals surface area (Å²) in [6.45, 7) is 4.08. The number of anilines is 1. The topological polar surface area (TPSA) is 54.2 Å². The summed E-state index contributed by atoms with van der Waals surface area (Å²) in [7, 11) is 0. The highest BCUT2D eigenvalue weighted by molar-refractivity contribution is 5.83. The number of nitrogens with two attached hydrogens (primary N) is 1. The maximum atomic E-state index is 5.80. The van der Waals surface area contributed by atoms with Gasteiger partial charge in [-0.15, -0.1) is 0 Å². The second-order valence-corrected chi connectivity index (χ2v) is 3.87. The first kappa shape index (κ1) is 10.5. The maximum absolute atomic E-state index is 5.80. The molecule has 0 saturated heterocycles. The van der Waals surface area contributed by atoms with Crippen LogP contribution < -0.4 is 5.73 Å². The Morgan fingerprint density at radius 2 is 2.00 bits per heavy atom. The lowest BCUT2D eigenvalue weighted by Crippen LogP contribution is -1.87. The molecule has 0 unspecified atom stereocenters. The van der Waals surface area contributed by atoms with Gasteiger partial charge < -0.3 is 10.7 Å². The number of rotatable bonds is 2. The zero-order chi connectivity index (χ0) is 11.5. The average molecular weight is 213 g/mol. The lowest BCUT2D eigenvalue weighted by Gasteiger charge is -1.97. The number of H-pyrrole nitrogens is 1. The SMILES string of the molecule is Cc1cc(C)c(/C=N/c2ccccc2N)[nH]1. The number of nitrogens with one attached hydrogen (secondary N) is 1. The highest BCUT2D eigenvalue weighted by Crippen LogP contribution is 2.20. The zero-order valence-electron chi connectivity index (χ0n) is 9.49. The summed E-state index contributed by atoms with van der Waals surface area (Å²) in [5.74, 6) is 0. The first-order valence-corrected chi connectivity index (χ1v) is 5.21. The van der Waals surface area contributed by atoms with E-state index in [0.717, 1.165) is 17.1 Å². The van der Waals surface area contributed by atoms with E-state index in [1.807, 2.05) is 37.4 Å². The summed E-state index contributed by atoms with van der Waals surface area (Å²) in [4.78, 5) is 7.61. The fourth-order valence-corrected chi connectivity index (χ4v) is 1.62. The van der Waals surface area contributed by atoms with Crippen molar-refractivity contribution >= 4 is 17.6 Å². The number of hydrogen-bond acceptors (Lipinski definition) is 2. The molecule has 0 aliphatic carbocycles. The molecule has 0 bridgehead atoms. The minimum Gasteiger partial charge on any atom is -0.397 e. The Kier molecular flexibility index (Phi) is 2.77. The molecular formula is C13H15N3. The van der Waals surface area contributed by atoms with Gasteiger partial charge in [0.15, 0.2) is 0 Å². The van der Waals surface area contributed by atoms with Crippen LogP contribution in [-0.4, -0.2) is 11.2 Å². The number of aryl methyl sites for hydroxylation is 2. The molecule has 1 aromatic carbocycles. The summed E-state index contributed by atoms with van der Waals surface area (Å²) in [6.07, 6.45) is 1.81. The van der Waals surface area contributed by atoms with Gasteiger partial charge in [-0.2, -0.15) is 0 Å². The third-order valence-electron chi connectivity index (χ3n) is 2.46. The molecule has 0 radical (unpaired) electrons. The molecule has 82 valence electrons. The second-order valence-electron chi connectivity index (χ2n) is 3.87. The summed E-state index contributed by atoms with van der Waals surface area (Å²) >= 11 is 0. The Morgan fingerprint density at radius 1 is 1.25 bits per heavy atom. The molecule has 3 heteroatoms. The molecule has 1 heterocycles. The number of nitrogen functional groups attached to an aromatic ring is 1. The molecule has 3 nitrogen and oxygen atoms in total. The van der Waals surface area contributed by atoms with Crippen LogP contribution in [0.25, 0.3) is 0 Å². The van der Waals surface area contributed by atoms with E-state index in [-0.39, 0.29) is 0 Å². The molecular weight excluding hydrogens is 198 g/mol. The zero-order valence-corrected chi connectivity index (χ0v) is 9.49. The minimum absolute atomic E-state index is 0.694. The average Bonchev–Trinajstić information content (AvgIpc) is 2.56. The van der Waals surface area contributed by atoms with Crippen LogP contribution in [0.1, 0.15) is 17.0 Å². The lowest BCUT2D eigenvalue weighted by atomic mass is 10.2. The van der Waals surface area contributed by atoms with Crippen LogP contribution in [0.5, 0.6) is 0 Å². The number of aromatic nitrogens is 1. The highest BCUT2D eigenvalue weighted by Gasteiger charge is 1.99. The highest BCUT2D eigenvalue weighted by atomic mass is 14.8. The summed E-state index contributed by atoms with van der Waals surface area (Å²) in [5, 5.41) is 0. The van der Waals surface area contributed by atoms with Crippen LogP contribution >= 0.6 is 0 Å². The fraction of sp³-hybridized carbons (Fsp3) is 0.154. The summed E-state index contributed by atoms with van der Waals surface area (Å²) < 4.78 is 0. The maximum Gasteiger partial charge on any atom is 0.0859 e. The van der Waals surface area contributed by atoms with Crippen molar-refractivity contribution in [2.45, 2.75) is 13.8 Å². The van der Waals surface area contributed by atoms with Crippen LogP contribution in [0.3, 0.4) is 0 Å². The van der Waals surface area contributed by atoms with E-state index in [1.54, 1.807) is 0 Å². The molecule has 0 saturated carbocycles. The Bertz CT molecular complexity index is 524. The van der Waals surface area contributed by atoms with Crippen LogP contribution in [-0.2, 0) is 0 Å². The van der Waals surface area contributed by atoms with Crippen LogP contribution in [0.4, 0.5) is 11.4 Å². The summed E-state index contributed by atoms with van der Waals surface area (Å²) in [5.41, 5.74) is 10.7.